The maximum absolute atomic E-state index is 3.65. The summed E-state index contributed by atoms with van der Waals surface area (Å²) in [5.41, 5.74) is 0. The Morgan fingerprint density at radius 1 is 1.12 bits per heavy atom. The molecular weight excluding hydrogens is 226 g/mol. The van der Waals surface area contributed by atoms with E-state index in [0.29, 0.717) is 6.04 Å². The van der Waals surface area contributed by atoms with Crippen LogP contribution in [0.4, 0.5) is 0 Å². The Morgan fingerprint density at radius 3 is 2.29 bits per heavy atom. The number of hydrogen-bond donors (Lipinski definition) is 1. The molecule has 0 aromatic carbocycles. The highest BCUT2D eigenvalue weighted by Crippen LogP contribution is 2.33. The van der Waals surface area contributed by atoms with Crippen LogP contribution in [0, 0.1) is 11.8 Å². The van der Waals surface area contributed by atoms with Gasteiger partial charge >= 0.3 is 0 Å². The Balaban J connectivity index is 2.29. The van der Waals surface area contributed by atoms with Gasteiger partial charge in [-0.3, -0.25) is 0 Å². The molecule has 0 radical (unpaired) electrons. The lowest BCUT2D eigenvalue weighted by Crippen LogP contribution is -2.32. The van der Waals surface area contributed by atoms with E-state index in [9.17, 15) is 0 Å². The zero-order chi connectivity index (χ0) is 12.7. The van der Waals surface area contributed by atoms with Crippen molar-refractivity contribution in [2.24, 2.45) is 11.8 Å². The molecule has 17 heavy (non-hydrogen) atoms. The summed E-state index contributed by atoms with van der Waals surface area (Å²) in [4.78, 5) is 0. The van der Waals surface area contributed by atoms with Gasteiger partial charge in [-0.25, -0.2) is 0 Å². The zero-order valence-corrected chi connectivity index (χ0v) is 13.0. The standard InChI is InChI=1S/C15H31NS/c1-12(2)16-11-15(9-10-17-13(3)4)14-7-5-6-8-14/h12-16H,5-11H2,1-4H3. The third-order valence-corrected chi connectivity index (χ3v) is 4.93. The molecule has 1 N–H and O–H groups in total. The topological polar surface area (TPSA) is 12.0 Å². The second kappa shape index (κ2) is 8.42. The van der Waals surface area contributed by atoms with E-state index in [1.54, 1.807) is 0 Å². The third kappa shape index (κ3) is 6.71. The molecule has 1 fully saturated rings. The number of thioether (sulfide) groups is 1. The molecule has 0 aromatic heterocycles. The first-order valence-corrected chi connectivity index (χ1v) is 8.49. The van der Waals surface area contributed by atoms with Crippen molar-refractivity contribution in [2.75, 3.05) is 12.3 Å². The molecule has 0 heterocycles. The molecule has 0 bridgehead atoms. The van der Waals surface area contributed by atoms with Crippen molar-refractivity contribution in [3.8, 4) is 0 Å². The zero-order valence-electron chi connectivity index (χ0n) is 12.2. The van der Waals surface area contributed by atoms with E-state index in [-0.39, 0.29) is 0 Å². The summed E-state index contributed by atoms with van der Waals surface area (Å²) in [6.45, 7) is 10.4. The first kappa shape index (κ1) is 15.4. The lowest BCUT2D eigenvalue weighted by Gasteiger charge is -2.25. The first-order valence-electron chi connectivity index (χ1n) is 7.44. The van der Waals surface area contributed by atoms with Crippen LogP contribution in [-0.2, 0) is 0 Å². The summed E-state index contributed by atoms with van der Waals surface area (Å²) in [7, 11) is 0. The van der Waals surface area contributed by atoms with Crippen LogP contribution in [0.2, 0.25) is 0 Å². The predicted octanol–water partition coefficient (Wildman–Crippen LogP) is 4.32. The van der Waals surface area contributed by atoms with Gasteiger partial charge in [-0.15, -0.1) is 0 Å². The minimum absolute atomic E-state index is 0.636. The van der Waals surface area contributed by atoms with Crippen molar-refractivity contribution < 1.29 is 0 Å². The van der Waals surface area contributed by atoms with E-state index < -0.39 is 0 Å². The Kier molecular flexibility index (Phi) is 7.61. The highest BCUT2D eigenvalue weighted by atomic mass is 32.2. The lowest BCUT2D eigenvalue weighted by atomic mass is 9.88. The second-order valence-corrected chi connectivity index (χ2v) is 7.76. The molecule has 1 aliphatic rings. The summed E-state index contributed by atoms with van der Waals surface area (Å²) < 4.78 is 0. The van der Waals surface area contributed by atoms with Crippen LogP contribution in [0.1, 0.15) is 59.8 Å². The van der Waals surface area contributed by atoms with Gasteiger partial charge in [-0.1, -0.05) is 53.4 Å². The Morgan fingerprint density at radius 2 is 1.76 bits per heavy atom. The van der Waals surface area contributed by atoms with E-state index in [0.717, 1.165) is 17.1 Å². The van der Waals surface area contributed by atoms with E-state index >= 15 is 0 Å². The largest absolute Gasteiger partial charge is 0.314 e. The predicted molar refractivity (Wildman–Crippen MR) is 80.8 cm³/mol. The lowest BCUT2D eigenvalue weighted by molar-refractivity contribution is 0.308. The molecular formula is C15H31NS. The Hall–Kier alpha value is 0.310. The second-order valence-electron chi connectivity index (χ2n) is 6.08. The molecule has 0 spiro atoms. The van der Waals surface area contributed by atoms with Gasteiger partial charge in [0.25, 0.3) is 0 Å². The van der Waals surface area contributed by atoms with Crippen molar-refractivity contribution in [1.82, 2.24) is 5.32 Å². The summed E-state index contributed by atoms with van der Waals surface area (Å²) in [5, 5.41) is 4.44. The van der Waals surface area contributed by atoms with Crippen molar-refractivity contribution in [3.05, 3.63) is 0 Å². The third-order valence-electron chi connectivity index (χ3n) is 3.79. The van der Waals surface area contributed by atoms with Gasteiger partial charge in [0.2, 0.25) is 0 Å². The van der Waals surface area contributed by atoms with Crippen LogP contribution in [-0.4, -0.2) is 23.6 Å². The smallest absolute Gasteiger partial charge is 0.00104 e. The summed E-state index contributed by atoms with van der Waals surface area (Å²) >= 11 is 2.12. The minimum Gasteiger partial charge on any atom is -0.314 e. The van der Waals surface area contributed by atoms with Crippen LogP contribution in [0.15, 0.2) is 0 Å². The minimum atomic E-state index is 0.636. The van der Waals surface area contributed by atoms with Crippen LogP contribution < -0.4 is 5.32 Å². The molecule has 102 valence electrons. The Bertz CT molecular complexity index is 185. The van der Waals surface area contributed by atoms with E-state index in [2.05, 4.69) is 44.8 Å². The average Bonchev–Trinajstić information content (AvgIpc) is 2.75. The van der Waals surface area contributed by atoms with E-state index in [1.807, 2.05) is 0 Å². The average molecular weight is 257 g/mol. The van der Waals surface area contributed by atoms with Crippen molar-refractivity contribution in [1.29, 1.82) is 0 Å². The molecule has 1 saturated carbocycles. The van der Waals surface area contributed by atoms with Crippen LogP contribution in [0.5, 0.6) is 0 Å². The fourth-order valence-corrected chi connectivity index (χ4v) is 3.69. The van der Waals surface area contributed by atoms with Gasteiger partial charge in [0.05, 0.1) is 0 Å². The maximum Gasteiger partial charge on any atom is 0.00104 e. The first-order chi connectivity index (χ1) is 8.09. The SMILES string of the molecule is CC(C)NCC(CCSC(C)C)C1CCCC1. The summed E-state index contributed by atoms with van der Waals surface area (Å²) in [5.74, 6) is 3.28. The van der Waals surface area contributed by atoms with E-state index in [4.69, 9.17) is 0 Å². The highest BCUT2D eigenvalue weighted by Gasteiger charge is 2.24. The van der Waals surface area contributed by atoms with Gasteiger partial charge in [0.1, 0.15) is 0 Å². The van der Waals surface area contributed by atoms with Crippen LogP contribution in [0.3, 0.4) is 0 Å². The molecule has 1 unspecified atom stereocenters. The highest BCUT2D eigenvalue weighted by molar-refractivity contribution is 7.99. The van der Waals surface area contributed by atoms with Crippen molar-refractivity contribution in [3.63, 3.8) is 0 Å². The van der Waals surface area contributed by atoms with Gasteiger partial charge in [-0.05, 0) is 35.8 Å². The van der Waals surface area contributed by atoms with Gasteiger partial charge in [0.15, 0.2) is 0 Å². The molecule has 1 atom stereocenters. The van der Waals surface area contributed by atoms with Crippen molar-refractivity contribution >= 4 is 11.8 Å². The monoisotopic (exact) mass is 257 g/mol. The molecule has 1 nitrogen and oxygen atoms in total. The quantitative estimate of drug-likeness (QED) is 0.695. The molecule has 0 aliphatic heterocycles. The molecule has 1 aliphatic carbocycles. The molecule has 2 heteroatoms. The van der Waals surface area contributed by atoms with Crippen LogP contribution in [0.25, 0.3) is 0 Å². The van der Waals surface area contributed by atoms with E-state index in [1.165, 1.54) is 44.4 Å². The molecule has 0 amide bonds. The van der Waals surface area contributed by atoms with Crippen molar-refractivity contribution in [2.45, 2.75) is 71.1 Å². The Labute approximate surface area is 113 Å². The molecule has 1 rings (SSSR count). The number of rotatable bonds is 8. The van der Waals surface area contributed by atoms with Gasteiger partial charge in [0, 0.05) is 6.04 Å². The summed E-state index contributed by atoms with van der Waals surface area (Å²) in [6, 6.07) is 0.636. The molecule has 0 saturated heterocycles. The maximum atomic E-state index is 3.65. The number of nitrogens with one attached hydrogen (secondary N) is 1. The van der Waals surface area contributed by atoms with Gasteiger partial charge in [-0.2, -0.15) is 11.8 Å². The fourth-order valence-electron chi connectivity index (χ4n) is 2.78. The van der Waals surface area contributed by atoms with Crippen LogP contribution >= 0.6 is 11.8 Å². The molecule has 0 aromatic rings. The number of hydrogen-bond acceptors (Lipinski definition) is 2. The van der Waals surface area contributed by atoms with Gasteiger partial charge < -0.3 is 5.32 Å². The fraction of sp³-hybridized carbons (Fsp3) is 1.00. The normalized spacial score (nSPS) is 19.4. The summed E-state index contributed by atoms with van der Waals surface area (Å²) in [6.07, 6.45) is 7.32.